The summed E-state index contributed by atoms with van der Waals surface area (Å²) in [5.41, 5.74) is 0.640. The molecule has 1 aliphatic rings. The van der Waals surface area contributed by atoms with E-state index in [1.54, 1.807) is 12.3 Å². The zero-order valence-electron chi connectivity index (χ0n) is 7.54. The van der Waals surface area contributed by atoms with Gasteiger partial charge in [-0.25, -0.2) is 4.98 Å². The molecule has 0 saturated carbocycles. The molecular formula is C9H6Br2N2O2. The predicted molar refractivity (Wildman–Crippen MR) is 61.6 cm³/mol. The van der Waals surface area contributed by atoms with Crippen LogP contribution in [0.15, 0.2) is 21.3 Å². The van der Waals surface area contributed by atoms with Crippen LogP contribution in [0.3, 0.4) is 0 Å². The average Bonchev–Trinajstić information content (AvgIpc) is 2.50. The first-order valence-electron chi connectivity index (χ1n) is 4.21. The lowest BCUT2D eigenvalue weighted by Gasteiger charge is -2.14. The summed E-state index contributed by atoms with van der Waals surface area (Å²) in [6.45, 7) is 0.147. The quantitative estimate of drug-likeness (QED) is 0.582. The Kier molecular flexibility index (Phi) is 2.88. The molecule has 1 amide bonds. The monoisotopic (exact) mass is 332 g/mol. The largest absolute Gasteiger partial charge is 0.303 e. The minimum Gasteiger partial charge on any atom is -0.303 e. The first-order valence-corrected chi connectivity index (χ1v) is 5.79. The molecule has 1 aromatic rings. The van der Waals surface area contributed by atoms with Crippen LogP contribution in [0.5, 0.6) is 0 Å². The number of hydrogen-bond acceptors (Lipinski definition) is 3. The Morgan fingerprint density at radius 1 is 1.33 bits per heavy atom. The van der Waals surface area contributed by atoms with E-state index in [2.05, 4.69) is 36.8 Å². The third kappa shape index (κ3) is 2.10. The van der Waals surface area contributed by atoms with Gasteiger partial charge in [-0.05, 0) is 37.9 Å². The fraction of sp³-hybridized carbons (Fsp3) is 0.222. The maximum absolute atomic E-state index is 11.4. The van der Waals surface area contributed by atoms with Crippen LogP contribution in [0.2, 0.25) is 0 Å². The molecule has 1 fully saturated rings. The van der Waals surface area contributed by atoms with Crippen LogP contribution in [0.25, 0.3) is 0 Å². The van der Waals surface area contributed by atoms with Gasteiger partial charge in [-0.1, -0.05) is 0 Å². The third-order valence-electron chi connectivity index (χ3n) is 2.08. The number of amides is 1. The molecule has 1 aliphatic heterocycles. The number of nitrogens with zero attached hydrogens (tertiary/aromatic N) is 2. The van der Waals surface area contributed by atoms with Crippen molar-refractivity contribution >= 4 is 49.2 Å². The summed E-state index contributed by atoms with van der Waals surface area (Å²) in [7, 11) is 0. The molecule has 6 heteroatoms. The Labute approximate surface area is 103 Å². The van der Waals surface area contributed by atoms with Gasteiger partial charge in [0.2, 0.25) is 5.91 Å². The second-order valence-corrected chi connectivity index (χ2v) is 4.77. The molecule has 1 saturated heterocycles. The second kappa shape index (κ2) is 4.02. The van der Waals surface area contributed by atoms with Crippen molar-refractivity contribution in [1.29, 1.82) is 0 Å². The van der Waals surface area contributed by atoms with E-state index in [4.69, 9.17) is 0 Å². The van der Waals surface area contributed by atoms with Crippen molar-refractivity contribution < 1.29 is 9.59 Å². The molecular weight excluding hydrogens is 328 g/mol. The smallest absolute Gasteiger partial charge is 0.234 e. The number of anilines is 1. The van der Waals surface area contributed by atoms with Gasteiger partial charge in [0.25, 0.3) is 0 Å². The molecule has 15 heavy (non-hydrogen) atoms. The number of carbonyl (C=O) groups excluding carboxylic acids is 2. The van der Waals surface area contributed by atoms with E-state index in [0.29, 0.717) is 10.3 Å². The number of Topliss-reactive ketones (excluding diaryl/α,β-unsaturated/α-hetero) is 1. The van der Waals surface area contributed by atoms with Crippen LogP contribution in [-0.2, 0) is 9.59 Å². The molecule has 2 rings (SSSR count). The average molecular weight is 334 g/mol. The van der Waals surface area contributed by atoms with Gasteiger partial charge in [0.1, 0.15) is 4.60 Å². The Morgan fingerprint density at radius 2 is 2.07 bits per heavy atom. The maximum atomic E-state index is 11.4. The zero-order valence-corrected chi connectivity index (χ0v) is 10.7. The van der Waals surface area contributed by atoms with Crippen molar-refractivity contribution in [3.8, 4) is 0 Å². The van der Waals surface area contributed by atoms with Crippen LogP contribution < -0.4 is 4.90 Å². The molecule has 0 spiro atoms. The Hall–Kier alpha value is -0.750. The van der Waals surface area contributed by atoms with Crippen molar-refractivity contribution in [3.63, 3.8) is 0 Å². The summed E-state index contributed by atoms with van der Waals surface area (Å²) in [5.74, 6) is -0.227. The molecule has 0 bridgehead atoms. The highest BCUT2D eigenvalue weighted by atomic mass is 79.9. The first-order chi connectivity index (χ1) is 7.08. The second-order valence-electron chi connectivity index (χ2n) is 3.16. The van der Waals surface area contributed by atoms with E-state index in [1.807, 2.05) is 0 Å². The molecule has 0 atom stereocenters. The van der Waals surface area contributed by atoms with E-state index in [1.165, 1.54) is 4.90 Å². The number of ketones is 1. The van der Waals surface area contributed by atoms with E-state index in [0.717, 1.165) is 4.47 Å². The summed E-state index contributed by atoms with van der Waals surface area (Å²) >= 11 is 6.53. The van der Waals surface area contributed by atoms with Crippen LogP contribution >= 0.6 is 31.9 Å². The molecule has 0 aromatic carbocycles. The Balaban J connectivity index is 2.34. The van der Waals surface area contributed by atoms with Crippen LogP contribution in [0.4, 0.5) is 5.69 Å². The van der Waals surface area contributed by atoms with Gasteiger partial charge in [0, 0.05) is 0 Å². The zero-order chi connectivity index (χ0) is 11.0. The summed E-state index contributed by atoms with van der Waals surface area (Å²) in [6.07, 6.45) is 1.55. The van der Waals surface area contributed by atoms with Crippen molar-refractivity contribution in [3.05, 3.63) is 21.3 Å². The van der Waals surface area contributed by atoms with Crippen LogP contribution in [0, 0.1) is 0 Å². The molecule has 0 aliphatic carbocycles. The number of hydrogen-bond donors (Lipinski definition) is 0. The minimum atomic E-state index is -0.170. The van der Waals surface area contributed by atoms with Crippen molar-refractivity contribution in [1.82, 2.24) is 4.98 Å². The van der Waals surface area contributed by atoms with Crippen molar-refractivity contribution in [2.24, 2.45) is 0 Å². The van der Waals surface area contributed by atoms with E-state index < -0.39 is 0 Å². The van der Waals surface area contributed by atoms with Gasteiger partial charge in [0.15, 0.2) is 5.78 Å². The molecule has 0 unspecified atom stereocenters. The molecule has 78 valence electrons. The van der Waals surface area contributed by atoms with Crippen LogP contribution in [0.1, 0.15) is 6.42 Å². The number of pyridine rings is 1. The fourth-order valence-electron chi connectivity index (χ4n) is 1.38. The van der Waals surface area contributed by atoms with E-state index in [9.17, 15) is 9.59 Å². The maximum Gasteiger partial charge on any atom is 0.234 e. The van der Waals surface area contributed by atoms with Gasteiger partial charge in [-0.3, -0.25) is 9.59 Å². The predicted octanol–water partition coefficient (Wildman–Crippen LogP) is 1.91. The highest BCUT2D eigenvalue weighted by Gasteiger charge is 2.28. The highest BCUT2D eigenvalue weighted by Crippen LogP contribution is 2.27. The fourth-order valence-corrected chi connectivity index (χ4v) is 1.93. The number of rotatable bonds is 1. The molecule has 0 radical (unpaired) electrons. The van der Waals surface area contributed by atoms with Crippen molar-refractivity contribution in [2.45, 2.75) is 6.42 Å². The number of carbonyl (C=O) groups is 2. The molecule has 0 N–H and O–H groups in total. The highest BCUT2D eigenvalue weighted by molar-refractivity contribution is 9.13. The molecule has 1 aromatic heterocycles. The van der Waals surface area contributed by atoms with E-state index >= 15 is 0 Å². The summed E-state index contributed by atoms with van der Waals surface area (Å²) < 4.78 is 1.43. The lowest BCUT2D eigenvalue weighted by molar-refractivity contribution is -0.121. The van der Waals surface area contributed by atoms with Crippen molar-refractivity contribution in [2.75, 3.05) is 11.4 Å². The minimum absolute atomic E-state index is 0.00627. The van der Waals surface area contributed by atoms with Gasteiger partial charge in [-0.2, -0.15) is 0 Å². The van der Waals surface area contributed by atoms with Crippen LogP contribution in [-0.4, -0.2) is 23.2 Å². The summed E-state index contributed by atoms with van der Waals surface area (Å²) in [5, 5.41) is 0. The molecule has 2 heterocycles. The van der Waals surface area contributed by atoms with Gasteiger partial charge < -0.3 is 4.90 Å². The summed E-state index contributed by atoms with van der Waals surface area (Å²) in [4.78, 5) is 28.0. The first kappa shape index (κ1) is 10.8. The third-order valence-corrected chi connectivity index (χ3v) is 3.85. The lowest BCUT2D eigenvalue weighted by Crippen LogP contribution is -2.24. The van der Waals surface area contributed by atoms with Gasteiger partial charge in [0.05, 0.1) is 29.3 Å². The number of aromatic nitrogens is 1. The van der Waals surface area contributed by atoms with Gasteiger partial charge >= 0.3 is 0 Å². The van der Waals surface area contributed by atoms with E-state index in [-0.39, 0.29) is 24.7 Å². The summed E-state index contributed by atoms with van der Waals surface area (Å²) in [6, 6.07) is 1.76. The SMILES string of the molecule is O=C1CC(=O)N(c2cnc(Br)c(Br)c2)C1. The standard InChI is InChI=1S/C9H6Br2N2O2/c10-7-1-5(3-12-9(7)11)13-4-6(14)2-8(13)15/h1,3H,2,4H2. The topological polar surface area (TPSA) is 50.3 Å². The lowest BCUT2D eigenvalue weighted by atomic mass is 10.3. The Morgan fingerprint density at radius 3 is 2.60 bits per heavy atom. The van der Waals surface area contributed by atoms with Gasteiger partial charge in [-0.15, -0.1) is 0 Å². The normalized spacial score (nSPS) is 16.3. The number of halogens is 2. The Bertz CT molecular complexity index is 448. The molecule has 4 nitrogen and oxygen atoms in total.